The largest absolute Gasteiger partial charge is 0.445 e. The van der Waals surface area contributed by atoms with Gasteiger partial charge in [0.05, 0.1) is 18.1 Å². The van der Waals surface area contributed by atoms with Crippen LogP contribution in [0.3, 0.4) is 0 Å². The minimum absolute atomic E-state index is 0.0146. The number of nitrogens with zero attached hydrogens (tertiary/aromatic N) is 2. The lowest BCUT2D eigenvalue weighted by atomic mass is 10.1. The average Bonchev–Trinajstić information content (AvgIpc) is 3.59. The lowest BCUT2D eigenvalue weighted by molar-refractivity contribution is -0.146. The summed E-state index contributed by atoms with van der Waals surface area (Å²) in [6, 6.07) is 5.62. The third kappa shape index (κ3) is 7.67. The first-order valence-electron chi connectivity index (χ1n) is 13.0. The van der Waals surface area contributed by atoms with Crippen molar-refractivity contribution < 1.29 is 38.9 Å². The van der Waals surface area contributed by atoms with Gasteiger partial charge in [0.2, 0.25) is 23.6 Å². The number of amides is 5. The molecular formula is C26H37N5O8. The van der Waals surface area contributed by atoms with Gasteiger partial charge in [-0.1, -0.05) is 30.3 Å². The molecule has 13 nitrogen and oxygen atoms in total. The maximum absolute atomic E-state index is 13.4. The number of nitrogens with two attached hydrogens (primary N) is 1. The molecular weight excluding hydrogens is 510 g/mol. The van der Waals surface area contributed by atoms with E-state index < -0.39 is 60.1 Å². The highest BCUT2D eigenvalue weighted by Gasteiger charge is 2.43. The van der Waals surface area contributed by atoms with Crippen LogP contribution in [0.2, 0.25) is 0 Å². The molecule has 1 aromatic carbocycles. The smallest absolute Gasteiger partial charge is 0.408 e. The molecule has 2 saturated heterocycles. The fraction of sp³-hybridized carbons (Fsp3) is 0.577. The fourth-order valence-electron chi connectivity index (χ4n) is 4.83. The predicted octanol–water partition coefficient (Wildman–Crippen LogP) is -1.15. The SMILES string of the molecule is C[C@@H](O)[C@H](NC(=O)[C@H]1CCN(C(=O)[C@@H]2CCCN2C(=O)[C@@H](NC(=O)OCc2ccccc2)[C@@H](C)O)C1)C(N)=O. The molecule has 0 unspecified atom stereocenters. The van der Waals surface area contributed by atoms with E-state index in [1.54, 1.807) is 24.3 Å². The van der Waals surface area contributed by atoms with E-state index in [2.05, 4.69) is 10.6 Å². The van der Waals surface area contributed by atoms with Crippen molar-refractivity contribution in [3.8, 4) is 0 Å². The van der Waals surface area contributed by atoms with Crippen LogP contribution in [-0.4, -0.2) is 99.7 Å². The second-order valence-corrected chi connectivity index (χ2v) is 10.0. The number of hydrogen-bond donors (Lipinski definition) is 5. The molecule has 0 aromatic heterocycles. The third-order valence-corrected chi connectivity index (χ3v) is 7.01. The van der Waals surface area contributed by atoms with Crippen LogP contribution in [0.4, 0.5) is 4.79 Å². The fourth-order valence-corrected chi connectivity index (χ4v) is 4.83. The summed E-state index contributed by atoms with van der Waals surface area (Å²) in [5.74, 6) is -2.91. The van der Waals surface area contributed by atoms with Gasteiger partial charge in [0.25, 0.3) is 0 Å². The number of nitrogens with one attached hydrogen (secondary N) is 2. The van der Waals surface area contributed by atoms with Gasteiger partial charge in [-0.3, -0.25) is 19.2 Å². The number of rotatable bonds is 10. The number of likely N-dealkylation sites (tertiary alicyclic amines) is 2. The second kappa shape index (κ2) is 13.4. The lowest BCUT2D eigenvalue weighted by Crippen LogP contribution is -2.57. The maximum atomic E-state index is 13.4. The molecule has 6 atom stereocenters. The Labute approximate surface area is 226 Å². The van der Waals surface area contributed by atoms with Gasteiger partial charge in [-0.15, -0.1) is 0 Å². The molecule has 0 bridgehead atoms. The first-order chi connectivity index (χ1) is 18.5. The van der Waals surface area contributed by atoms with Crippen LogP contribution in [-0.2, 0) is 30.5 Å². The monoisotopic (exact) mass is 547 g/mol. The van der Waals surface area contributed by atoms with Crippen molar-refractivity contribution >= 4 is 29.7 Å². The van der Waals surface area contributed by atoms with Gasteiger partial charge >= 0.3 is 6.09 Å². The van der Waals surface area contributed by atoms with Crippen LogP contribution >= 0.6 is 0 Å². The van der Waals surface area contributed by atoms with Crippen molar-refractivity contribution in [2.75, 3.05) is 19.6 Å². The molecule has 0 aliphatic carbocycles. The summed E-state index contributed by atoms with van der Waals surface area (Å²) in [7, 11) is 0. The number of hydrogen-bond acceptors (Lipinski definition) is 8. The number of alkyl carbamates (subject to hydrolysis) is 1. The van der Waals surface area contributed by atoms with Crippen LogP contribution < -0.4 is 16.4 Å². The predicted molar refractivity (Wildman–Crippen MR) is 137 cm³/mol. The Morgan fingerprint density at radius 2 is 1.67 bits per heavy atom. The Morgan fingerprint density at radius 1 is 1.00 bits per heavy atom. The van der Waals surface area contributed by atoms with E-state index in [0.717, 1.165) is 5.56 Å². The molecule has 2 heterocycles. The van der Waals surface area contributed by atoms with E-state index in [9.17, 15) is 34.2 Å². The number of aliphatic hydroxyl groups excluding tert-OH is 2. The molecule has 1 aromatic rings. The zero-order valence-electron chi connectivity index (χ0n) is 22.1. The minimum Gasteiger partial charge on any atom is -0.445 e. The Morgan fingerprint density at radius 3 is 2.28 bits per heavy atom. The molecule has 0 spiro atoms. The Balaban J connectivity index is 1.59. The van der Waals surface area contributed by atoms with Gasteiger partial charge < -0.3 is 41.1 Å². The molecule has 214 valence electrons. The van der Waals surface area contributed by atoms with Gasteiger partial charge in [0, 0.05) is 19.6 Å². The first-order valence-corrected chi connectivity index (χ1v) is 13.0. The van der Waals surface area contributed by atoms with E-state index >= 15 is 0 Å². The molecule has 0 saturated carbocycles. The maximum Gasteiger partial charge on any atom is 0.408 e. The number of aliphatic hydroxyl groups is 2. The molecule has 2 fully saturated rings. The average molecular weight is 548 g/mol. The number of benzene rings is 1. The summed E-state index contributed by atoms with van der Waals surface area (Å²) in [6.45, 7) is 3.31. The Kier molecular flexibility index (Phi) is 10.2. The molecule has 6 N–H and O–H groups in total. The van der Waals surface area contributed by atoms with Crippen molar-refractivity contribution in [2.24, 2.45) is 11.7 Å². The van der Waals surface area contributed by atoms with Crippen LogP contribution in [0.25, 0.3) is 0 Å². The second-order valence-electron chi connectivity index (χ2n) is 10.0. The van der Waals surface area contributed by atoms with Crippen molar-refractivity contribution in [3.05, 3.63) is 35.9 Å². The summed E-state index contributed by atoms with van der Waals surface area (Å²) >= 11 is 0. The van der Waals surface area contributed by atoms with Gasteiger partial charge in [-0.2, -0.15) is 0 Å². The minimum atomic E-state index is -1.31. The molecule has 2 aliphatic heterocycles. The van der Waals surface area contributed by atoms with Crippen molar-refractivity contribution in [2.45, 2.75) is 70.1 Å². The van der Waals surface area contributed by atoms with Gasteiger partial charge in [0.15, 0.2) is 0 Å². The molecule has 0 radical (unpaired) electrons. The summed E-state index contributed by atoms with van der Waals surface area (Å²) in [5, 5.41) is 24.8. The van der Waals surface area contributed by atoms with Crippen molar-refractivity contribution in [1.29, 1.82) is 0 Å². The number of ether oxygens (including phenoxy) is 1. The molecule has 5 amide bonds. The van der Waals surface area contributed by atoms with Crippen LogP contribution in [0.5, 0.6) is 0 Å². The molecule has 3 rings (SSSR count). The Bertz CT molecular complexity index is 1050. The summed E-state index contributed by atoms with van der Waals surface area (Å²) in [5.41, 5.74) is 5.99. The summed E-state index contributed by atoms with van der Waals surface area (Å²) in [4.78, 5) is 66.0. The van der Waals surface area contributed by atoms with Crippen LogP contribution in [0.1, 0.15) is 38.7 Å². The van der Waals surface area contributed by atoms with E-state index in [1.807, 2.05) is 6.07 Å². The summed E-state index contributed by atoms with van der Waals surface area (Å²) < 4.78 is 5.18. The number of primary amides is 1. The number of carbonyl (C=O) groups is 5. The topological polar surface area (TPSA) is 192 Å². The third-order valence-electron chi connectivity index (χ3n) is 7.01. The highest BCUT2D eigenvalue weighted by atomic mass is 16.5. The quantitative estimate of drug-likeness (QED) is 0.242. The van der Waals surface area contributed by atoms with E-state index in [1.165, 1.54) is 23.6 Å². The first kappa shape index (κ1) is 29.8. The van der Waals surface area contributed by atoms with E-state index in [4.69, 9.17) is 10.5 Å². The van der Waals surface area contributed by atoms with Gasteiger partial charge in [0.1, 0.15) is 24.7 Å². The normalized spacial score (nSPS) is 21.9. The standard InChI is InChI=1S/C26H37N5O8/c1-15(32)20(22(27)34)28-23(35)18-10-12-30(13-18)24(36)19-9-6-11-31(19)25(37)21(16(2)33)29-26(38)39-14-17-7-4-3-5-8-17/h3-5,7-8,15-16,18-21,32-33H,6,9-14H2,1-2H3,(H2,27,34)(H,28,35)(H,29,38)/t15-,16-,18+,19+,20+,21+/m1/s1. The highest BCUT2D eigenvalue weighted by molar-refractivity contribution is 5.93. The molecule has 13 heteroatoms. The van der Waals surface area contributed by atoms with Crippen LogP contribution in [0.15, 0.2) is 30.3 Å². The zero-order chi connectivity index (χ0) is 28.7. The highest BCUT2D eigenvalue weighted by Crippen LogP contribution is 2.25. The number of carbonyl (C=O) groups excluding carboxylic acids is 5. The molecule has 2 aliphatic rings. The summed E-state index contributed by atoms with van der Waals surface area (Å²) in [6.07, 6.45) is -2.00. The van der Waals surface area contributed by atoms with Crippen molar-refractivity contribution in [1.82, 2.24) is 20.4 Å². The Hall–Kier alpha value is -3.71. The van der Waals surface area contributed by atoms with Gasteiger partial charge in [-0.05, 0) is 38.7 Å². The molecule has 39 heavy (non-hydrogen) atoms. The van der Waals surface area contributed by atoms with Crippen LogP contribution in [0, 0.1) is 5.92 Å². The van der Waals surface area contributed by atoms with E-state index in [0.29, 0.717) is 19.3 Å². The lowest BCUT2D eigenvalue weighted by Gasteiger charge is -2.31. The van der Waals surface area contributed by atoms with Gasteiger partial charge in [-0.25, -0.2) is 4.79 Å². The van der Waals surface area contributed by atoms with Crippen molar-refractivity contribution in [3.63, 3.8) is 0 Å². The zero-order valence-corrected chi connectivity index (χ0v) is 22.1. The van der Waals surface area contributed by atoms with E-state index in [-0.39, 0.29) is 32.1 Å².